The van der Waals surface area contributed by atoms with Gasteiger partial charge in [0.15, 0.2) is 5.76 Å². The molecule has 0 radical (unpaired) electrons. The van der Waals surface area contributed by atoms with Crippen LogP contribution >= 0.6 is 11.6 Å². The molecule has 8 heteroatoms. The number of nitrogens with zero attached hydrogens (tertiary/aromatic N) is 3. The van der Waals surface area contributed by atoms with Gasteiger partial charge in [-0.15, -0.1) is 5.10 Å². The van der Waals surface area contributed by atoms with Gasteiger partial charge in [0.2, 0.25) is 11.7 Å². The molecule has 0 bridgehead atoms. The van der Waals surface area contributed by atoms with Crippen molar-refractivity contribution in [2.75, 3.05) is 6.54 Å². The number of aromatic nitrogens is 3. The summed E-state index contributed by atoms with van der Waals surface area (Å²) in [6.07, 6.45) is 2.30. The predicted molar refractivity (Wildman–Crippen MR) is 93.8 cm³/mol. The zero-order chi connectivity index (χ0) is 17.8. The minimum absolute atomic E-state index is 0.136. The van der Waals surface area contributed by atoms with Crippen LogP contribution in [0, 0.1) is 0 Å². The minimum atomic E-state index is -0.430. The molecule has 0 aliphatic rings. The summed E-state index contributed by atoms with van der Waals surface area (Å²) in [4.78, 5) is 24.9. The Hall–Kier alpha value is -2.80. The Bertz CT molecular complexity index is 911. The maximum Gasteiger partial charge on any atom is 0.351 e. The molecule has 3 aromatic rings. The second-order valence-electron chi connectivity index (χ2n) is 5.41. The van der Waals surface area contributed by atoms with Crippen molar-refractivity contribution in [3.63, 3.8) is 0 Å². The maximum atomic E-state index is 12.8. The second-order valence-corrected chi connectivity index (χ2v) is 5.84. The van der Waals surface area contributed by atoms with Crippen LogP contribution in [0.15, 0.2) is 51.9 Å². The summed E-state index contributed by atoms with van der Waals surface area (Å²) in [5.74, 6) is 0.442. The lowest BCUT2D eigenvalue weighted by atomic mass is 10.3. The van der Waals surface area contributed by atoms with E-state index in [1.165, 1.54) is 15.5 Å². The van der Waals surface area contributed by atoms with Gasteiger partial charge >= 0.3 is 5.69 Å². The van der Waals surface area contributed by atoms with Gasteiger partial charge in [-0.2, -0.15) is 4.68 Å². The number of hydrogen-bond donors (Lipinski definition) is 1. The molecule has 130 valence electrons. The van der Waals surface area contributed by atoms with E-state index >= 15 is 0 Å². The summed E-state index contributed by atoms with van der Waals surface area (Å²) in [5, 5.41) is 7.65. The summed E-state index contributed by atoms with van der Waals surface area (Å²) in [6.45, 7) is 2.37. The van der Waals surface area contributed by atoms with E-state index in [4.69, 9.17) is 16.0 Å². The Morgan fingerprint density at radius 3 is 2.68 bits per heavy atom. The zero-order valence-corrected chi connectivity index (χ0v) is 14.4. The fraction of sp³-hybridized carbons (Fsp3) is 0.235. The Kier molecular flexibility index (Phi) is 5.04. The smallest absolute Gasteiger partial charge is 0.351 e. The van der Waals surface area contributed by atoms with E-state index in [-0.39, 0.29) is 18.3 Å². The van der Waals surface area contributed by atoms with Gasteiger partial charge in [-0.1, -0.05) is 18.5 Å². The highest BCUT2D eigenvalue weighted by molar-refractivity contribution is 6.30. The molecule has 1 amide bonds. The third-order valence-corrected chi connectivity index (χ3v) is 3.80. The third-order valence-electron chi connectivity index (χ3n) is 3.55. The molecule has 0 fully saturated rings. The summed E-state index contributed by atoms with van der Waals surface area (Å²) in [7, 11) is 0. The van der Waals surface area contributed by atoms with Crippen molar-refractivity contribution < 1.29 is 9.21 Å². The molecule has 0 saturated carbocycles. The van der Waals surface area contributed by atoms with E-state index < -0.39 is 5.69 Å². The first-order valence-electron chi connectivity index (χ1n) is 7.86. The second kappa shape index (κ2) is 7.40. The van der Waals surface area contributed by atoms with Crippen molar-refractivity contribution >= 4 is 17.5 Å². The molecule has 2 heterocycles. The topological polar surface area (TPSA) is 82.1 Å². The van der Waals surface area contributed by atoms with Crippen molar-refractivity contribution in [3.8, 4) is 17.3 Å². The van der Waals surface area contributed by atoms with Crippen LogP contribution in [-0.2, 0) is 11.3 Å². The standard InChI is InChI=1S/C17H17ClN4O3/c1-2-9-19-15(23)11-21-16(14-4-3-10-25-14)20-22(17(21)24)13-7-5-12(18)6-8-13/h3-8,10H,2,9,11H2,1H3,(H,19,23). The molecule has 1 N–H and O–H groups in total. The first kappa shape index (κ1) is 17.0. The van der Waals surface area contributed by atoms with Gasteiger partial charge < -0.3 is 9.73 Å². The van der Waals surface area contributed by atoms with Crippen LogP contribution in [0.1, 0.15) is 13.3 Å². The van der Waals surface area contributed by atoms with Crippen LogP contribution < -0.4 is 11.0 Å². The van der Waals surface area contributed by atoms with Crippen molar-refractivity contribution in [1.29, 1.82) is 0 Å². The number of carbonyl (C=O) groups excluding carboxylic acids is 1. The van der Waals surface area contributed by atoms with E-state index in [0.29, 0.717) is 23.0 Å². The molecular weight excluding hydrogens is 344 g/mol. The zero-order valence-electron chi connectivity index (χ0n) is 13.6. The van der Waals surface area contributed by atoms with E-state index in [0.717, 1.165) is 6.42 Å². The third kappa shape index (κ3) is 3.66. The van der Waals surface area contributed by atoms with Gasteiger partial charge in [-0.3, -0.25) is 9.36 Å². The van der Waals surface area contributed by atoms with Gasteiger partial charge in [-0.25, -0.2) is 4.79 Å². The number of nitrogens with one attached hydrogen (secondary N) is 1. The highest BCUT2D eigenvalue weighted by atomic mass is 35.5. The van der Waals surface area contributed by atoms with Gasteiger partial charge in [0, 0.05) is 11.6 Å². The summed E-state index contributed by atoms with van der Waals surface area (Å²) in [5.41, 5.74) is 0.121. The molecule has 1 aromatic carbocycles. The quantitative estimate of drug-likeness (QED) is 0.732. The molecule has 0 atom stereocenters. The lowest BCUT2D eigenvalue weighted by Crippen LogP contribution is -2.33. The summed E-state index contributed by atoms with van der Waals surface area (Å²) in [6, 6.07) is 10.1. The Morgan fingerprint density at radius 2 is 2.04 bits per heavy atom. The van der Waals surface area contributed by atoms with Crippen LogP contribution in [0.5, 0.6) is 0 Å². The predicted octanol–water partition coefficient (Wildman–Crippen LogP) is 2.47. The van der Waals surface area contributed by atoms with Crippen molar-refractivity contribution in [1.82, 2.24) is 19.7 Å². The fourth-order valence-electron chi connectivity index (χ4n) is 2.34. The normalized spacial score (nSPS) is 10.8. The molecule has 2 aromatic heterocycles. The van der Waals surface area contributed by atoms with Crippen LogP contribution in [0.4, 0.5) is 0 Å². The average molecular weight is 361 g/mol. The molecule has 0 spiro atoms. The van der Waals surface area contributed by atoms with E-state index in [1.54, 1.807) is 36.4 Å². The van der Waals surface area contributed by atoms with Crippen LogP contribution in [0.25, 0.3) is 17.3 Å². The molecule has 7 nitrogen and oxygen atoms in total. The molecule has 0 saturated heterocycles. The highest BCUT2D eigenvalue weighted by Gasteiger charge is 2.20. The van der Waals surface area contributed by atoms with Gasteiger partial charge in [0.05, 0.1) is 12.0 Å². The van der Waals surface area contributed by atoms with E-state index in [2.05, 4.69) is 10.4 Å². The Balaban J connectivity index is 2.04. The van der Waals surface area contributed by atoms with Crippen LogP contribution in [0.2, 0.25) is 5.02 Å². The van der Waals surface area contributed by atoms with Crippen molar-refractivity contribution in [2.45, 2.75) is 19.9 Å². The number of furan rings is 1. The summed E-state index contributed by atoms with van der Waals surface area (Å²) >= 11 is 5.89. The highest BCUT2D eigenvalue weighted by Crippen LogP contribution is 2.18. The number of rotatable bonds is 6. The molecule has 3 rings (SSSR count). The lowest BCUT2D eigenvalue weighted by molar-refractivity contribution is -0.121. The number of halogens is 1. The molecule has 25 heavy (non-hydrogen) atoms. The number of hydrogen-bond acceptors (Lipinski definition) is 4. The Morgan fingerprint density at radius 1 is 1.28 bits per heavy atom. The van der Waals surface area contributed by atoms with Gasteiger partial charge in [0.1, 0.15) is 6.54 Å². The van der Waals surface area contributed by atoms with Crippen LogP contribution in [-0.4, -0.2) is 26.8 Å². The first-order valence-corrected chi connectivity index (χ1v) is 8.24. The number of amides is 1. The Labute approximate surface area is 148 Å². The minimum Gasteiger partial charge on any atom is -0.461 e. The van der Waals surface area contributed by atoms with Crippen molar-refractivity contribution in [2.24, 2.45) is 0 Å². The average Bonchev–Trinajstić information content (AvgIpc) is 3.23. The van der Waals surface area contributed by atoms with Gasteiger partial charge in [-0.05, 0) is 42.8 Å². The van der Waals surface area contributed by atoms with Crippen molar-refractivity contribution in [3.05, 3.63) is 58.2 Å². The fourth-order valence-corrected chi connectivity index (χ4v) is 2.47. The molecular formula is C17H17ClN4O3. The van der Waals surface area contributed by atoms with Crippen LogP contribution in [0.3, 0.4) is 0 Å². The lowest BCUT2D eigenvalue weighted by Gasteiger charge is -2.05. The summed E-state index contributed by atoms with van der Waals surface area (Å²) < 4.78 is 7.87. The SMILES string of the molecule is CCCNC(=O)Cn1c(-c2ccco2)nn(-c2ccc(Cl)cc2)c1=O. The molecule has 0 unspecified atom stereocenters. The molecule has 0 aliphatic carbocycles. The monoisotopic (exact) mass is 360 g/mol. The number of benzene rings is 1. The first-order chi connectivity index (χ1) is 12.1. The van der Waals surface area contributed by atoms with Gasteiger partial charge in [0.25, 0.3) is 0 Å². The molecule has 0 aliphatic heterocycles. The van der Waals surface area contributed by atoms with E-state index in [9.17, 15) is 9.59 Å². The number of carbonyl (C=O) groups is 1. The van der Waals surface area contributed by atoms with E-state index in [1.807, 2.05) is 6.92 Å². The largest absolute Gasteiger partial charge is 0.461 e. The maximum absolute atomic E-state index is 12.8.